The van der Waals surface area contributed by atoms with Crippen LogP contribution in [-0.4, -0.2) is 218 Å². The molecule has 0 aromatic heterocycles. The first-order valence-electron chi connectivity index (χ1n) is 18.6. The van der Waals surface area contributed by atoms with Gasteiger partial charge in [0.1, 0.15) is 21.2 Å². The van der Waals surface area contributed by atoms with Crippen molar-refractivity contribution in [2.24, 2.45) is 30.7 Å². The number of nitrogens with two attached hydrogens (primary N) is 1. The third-order valence-corrected chi connectivity index (χ3v) is 14.4. The van der Waals surface area contributed by atoms with Gasteiger partial charge in [0.2, 0.25) is 0 Å². The molecule has 33 heteroatoms. The Morgan fingerprint density at radius 2 is 0.822 bits per heavy atom. The van der Waals surface area contributed by atoms with E-state index < -0.39 is 80.8 Å². The van der Waals surface area contributed by atoms with Crippen LogP contribution in [0.15, 0.2) is 170 Å². The van der Waals surface area contributed by atoms with Crippen LogP contribution in [0.1, 0.15) is 0 Å². The number of rotatable bonds is 11. The van der Waals surface area contributed by atoms with Gasteiger partial charge < -0.3 is 10.8 Å². The van der Waals surface area contributed by atoms with Gasteiger partial charge in [0.25, 0.3) is 50.6 Å². The molecule has 0 aliphatic heterocycles. The molecule has 73 heavy (non-hydrogen) atoms. The summed E-state index contributed by atoms with van der Waals surface area (Å²) < 4.78 is 171. The normalized spacial score (nSPS) is 12.4. The molecule has 23 nitrogen and oxygen atoms in total. The smallest absolute Gasteiger partial charge is 0.295 e. The Hall–Kier alpha value is -2.25. The summed E-state index contributed by atoms with van der Waals surface area (Å²) >= 11 is 0. The Balaban J connectivity index is 0.00000281. The molecule has 0 saturated heterocycles. The standard InChI is InChI=1S/C40H27N7O16S5.5Na/c41-31-9-4-20-14-24(66(55,56)57)19-36(48)39(20)40(31)47-46-33-11-13-35(29-18-23(65(52,53)54)6-8-26(29)33)45-44-34-12-10-32(25-7-5-22(17-28(25)34)64(49,50)51)43-42-21-15-30-27(38(16-21)68(61,62)63)2-1-3-37(30)67(58,59)60;;;;;/h1-19,48H,41H2,(H,49,50,51)(H,52,53,54)(H,55,56,57)(H,58,59,60)(H,61,62,63);;;;;. The molecule has 0 saturated carbocycles. The van der Waals surface area contributed by atoms with Crippen LogP contribution >= 0.6 is 0 Å². The van der Waals surface area contributed by atoms with Gasteiger partial charge in [0, 0.05) is 186 Å². The molecule has 0 amide bonds. The molecule has 0 unspecified atom stereocenters. The molecule has 8 aromatic rings. The summed E-state index contributed by atoms with van der Waals surface area (Å²) in [5.74, 6) is -0.613. The second-order valence-corrected chi connectivity index (χ2v) is 21.5. The van der Waals surface area contributed by atoms with E-state index in [4.69, 9.17) is 5.73 Å². The van der Waals surface area contributed by atoms with E-state index in [-0.39, 0.29) is 231 Å². The summed E-state index contributed by atoms with van der Waals surface area (Å²) in [6, 6.07) is 21.8. The van der Waals surface area contributed by atoms with E-state index in [1.165, 1.54) is 54.6 Å². The summed E-state index contributed by atoms with van der Waals surface area (Å²) in [4.78, 5) is -3.25. The van der Waals surface area contributed by atoms with Crippen LogP contribution in [0.25, 0.3) is 43.1 Å². The molecule has 8 N–H and O–H groups in total. The van der Waals surface area contributed by atoms with Crippen molar-refractivity contribution in [2.75, 3.05) is 5.73 Å². The Morgan fingerprint density at radius 3 is 1.29 bits per heavy atom. The number of anilines is 1. The van der Waals surface area contributed by atoms with Crippen LogP contribution in [0.2, 0.25) is 0 Å². The number of phenols is 1. The Morgan fingerprint density at radius 1 is 0.370 bits per heavy atom. The van der Waals surface area contributed by atoms with Crippen LogP contribution in [0.3, 0.4) is 0 Å². The molecule has 0 atom stereocenters. The van der Waals surface area contributed by atoms with Gasteiger partial charge in [0.15, 0.2) is 0 Å². The van der Waals surface area contributed by atoms with E-state index in [0.717, 1.165) is 60.7 Å². The van der Waals surface area contributed by atoms with Crippen LogP contribution < -0.4 is 5.73 Å². The van der Waals surface area contributed by atoms with Crippen LogP contribution in [-0.2, 0) is 50.6 Å². The molecule has 0 fully saturated rings. The van der Waals surface area contributed by atoms with E-state index in [0.29, 0.717) is 0 Å². The van der Waals surface area contributed by atoms with Crippen molar-refractivity contribution in [3.8, 4) is 5.75 Å². The SMILES string of the molecule is Nc1ccc2cc(S(=O)(=O)O)cc(O)c2c1N=Nc1ccc(N=Nc2ccc(N=Nc3cc(S(=O)(=O)O)c4cccc(S(=O)(=O)O)c4c3)c3ccc(S(=O)(=O)O)cc23)c2cc(S(=O)(=O)O)ccc12.[Na].[Na].[Na].[Na].[Na]. The van der Waals surface area contributed by atoms with Crippen LogP contribution in [0.5, 0.6) is 5.75 Å². The number of hydrogen-bond donors (Lipinski definition) is 7. The molecule has 8 rings (SSSR count). The first kappa shape index (κ1) is 65.0. The number of fused-ring (bicyclic) bond motifs is 4. The van der Waals surface area contributed by atoms with Gasteiger partial charge in [-0.3, -0.25) is 22.8 Å². The zero-order chi connectivity index (χ0) is 49.3. The molecular weight excluding hydrogens is 1110 g/mol. The van der Waals surface area contributed by atoms with Gasteiger partial charge >= 0.3 is 0 Å². The zero-order valence-electron chi connectivity index (χ0n) is 38.5. The Bertz CT molecular complexity index is 4230. The van der Waals surface area contributed by atoms with E-state index >= 15 is 0 Å². The van der Waals surface area contributed by atoms with Crippen molar-refractivity contribution < 1.29 is 70.0 Å². The summed E-state index contributed by atoms with van der Waals surface area (Å²) in [6.07, 6.45) is 0. The molecule has 5 radical (unpaired) electrons. The molecule has 0 aliphatic rings. The maximum absolute atomic E-state index is 12.4. The van der Waals surface area contributed by atoms with Gasteiger partial charge in [-0.05, 0) is 84.2 Å². The third-order valence-electron chi connectivity index (χ3n) is 10.1. The largest absolute Gasteiger partial charge is 0.507 e. The number of nitrogen functional groups attached to an aromatic ring is 1. The van der Waals surface area contributed by atoms with Crippen molar-refractivity contribution in [2.45, 2.75) is 24.5 Å². The first-order valence-corrected chi connectivity index (χ1v) is 25.8. The predicted octanol–water partition coefficient (Wildman–Crippen LogP) is 7.16. The summed E-state index contributed by atoms with van der Waals surface area (Å²) in [7, 11) is -24.3. The van der Waals surface area contributed by atoms with Gasteiger partial charge in [-0.1, -0.05) is 30.3 Å². The van der Waals surface area contributed by atoms with Crippen LogP contribution in [0, 0.1) is 0 Å². The summed E-state index contributed by atoms with van der Waals surface area (Å²) in [6.45, 7) is 0. The van der Waals surface area contributed by atoms with E-state index in [1.807, 2.05) is 0 Å². The average Bonchev–Trinajstić information content (AvgIpc) is 3.25. The average molecular weight is 1140 g/mol. The van der Waals surface area contributed by atoms with Crippen molar-refractivity contribution in [1.29, 1.82) is 0 Å². The molecule has 353 valence electrons. The van der Waals surface area contributed by atoms with E-state index in [9.17, 15) is 70.0 Å². The second kappa shape index (κ2) is 24.6. The minimum Gasteiger partial charge on any atom is -0.507 e. The van der Waals surface area contributed by atoms with Gasteiger partial charge in [-0.2, -0.15) is 47.2 Å². The predicted molar refractivity (Wildman–Crippen MR) is 272 cm³/mol. The van der Waals surface area contributed by atoms with Gasteiger partial charge in [-0.15, -0.1) is 25.6 Å². The quantitative estimate of drug-likeness (QED) is 0.0292. The number of hydrogen-bond acceptors (Lipinski definition) is 18. The fourth-order valence-corrected chi connectivity index (χ4v) is 10.0. The fourth-order valence-electron chi connectivity index (χ4n) is 7.06. The molecule has 0 bridgehead atoms. The van der Waals surface area contributed by atoms with E-state index in [1.54, 1.807) is 0 Å². The number of aromatic hydroxyl groups is 1. The Labute approximate surface area is 525 Å². The third kappa shape index (κ3) is 14.3. The Kier molecular flexibility index (Phi) is 21.9. The molecular formula is C40H27N7Na5O16S5. The minimum absolute atomic E-state index is 0. The molecule has 8 aromatic carbocycles. The number of azo groups is 3. The number of phenolic OH excluding ortho intramolecular Hbond substituents is 1. The fraction of sp³-hybridized carbons (Fsp3) is 0. The van der Waals surface area contributed by atoms with Crippen LogP contribution in [0.4, 0.5) is 39.8 Å². The van der Waals surface area contributed by atoms with Crippen molar-refractivity contribution >= 4 is 281 Å². The number of nitrogens with zero attached hydrogens (tertiary/aromatic N) is 6. The second-order valence-electron chi connectivity index (χ2n) is 14.4. The van der Waals surface area contributed by atoms with Gasteiger partial charge in [0.05, 0.1) is 54.2 Å². The zero-order valence-corrected chi connectivity index (χ0v) is 52.6. The maximum Gasteiger partial charge on any atom is 0.295 e. The van der Waals surface area contributed by atoms with Gasteiger partial charge in [-0.25, -0.2) is 0 Å². The summed E-state index contributed by atoms with van der Waals surface area (Å²) in [5.41, 5.74) is 5.60. The molecule has 0 spiro atoms. The maximum atomic E-state index is 12.4. The first-order chi connectivity index (χ1) is 31.7. The van der Waals surface area contributed by atoms with Crippen molar-refractivity contribution in [1.82, 2.24) is 0 Å². The molecule has 0 aliphatic carbocycles. The minimum atomic E-state index is -5.01. The summed E-state index contributed by atoms with van der Waals surface area (Å²) in [5, 5.41) is 35.6. The van der Waals surface area contributed by atoms with Crippen molar-refractivity contribution in [3.05, 3.63) is 115 Å². The van der Waals surface area contributed by atoms with Crippen molar-refractivity contribution in [3.63, 3.8) is 0 Å². The molecule has 0 heterocycles. The topological polar surface area (TPSA) is 392 Å². The van der Waals surface area contributed by atoms with E-state index in [2.05, 4.69) is 30.7 Å². The number of benzene rings is 8. The monoisotopic (exact) mass is 1140 g/mol.